The summed E-state index contributed by atoms with van der Waals surface area (Å²) in [5.41, 5.74) is 0.868. The Balaban J connectivity index is 1.60. The van der Waals surface area contributed by atoms with Crippen LogP contribution < -0.4 is 19.7 Å². The van der Waals surface area contributed by atoms with Gasteiger partial charge in [0.15, 0.2) is 6.67 Å². The van der Waals surface area contributed by atoms with E-state index in [0.717, 1.165) is 42.0 Å². The van der Waals surface area contributed by atoms with Crippen LogP contribution in [0.2, 0.25) is 0 Å². The van der Waals surface area contributed by atoms with E-state index in [1.807, 2.05) is 55.5 Å². The molecule has 0 radical (unpaired) electrons. The van der Waals surface area contributed by atoms with Crippen molar-refractivity contribution in [1.82, 2.24) is 10.2 Å². The van der Waals surface area contributed by atoms with Crippen LogP contribution >= 0.6 is 0 Å². The third-order valence-corrected chi connectivity index (χ3v) is 6.63. The first kappa shape index (κ1) is 21.2. The second-order valence-electron chi connectivity index (χ2n) is 8.16. The van der Waals surface area contributed by atoms with Crippen molar-refractivity contribution in [2.24, 2.45) is 0 Å². The first-order valence-electron chi connectivity index (χ1n) is 10.8. The Hall–Kier alpha value is -3.06. The summed E-state index contributed by atoms with van der Waals surface area (Å²) in [6.07, 6.45) is 2.47. The zero-order chi connectivity index (χ0) is 22.0. The average Bonchev–Trinajstić information content (AvgIpc) is 3.37. The Labute approximate surface area is 182 Å². The highest BCUT2D eigenvalue weighted by Gasteiger charge is 2.53. The van der Waals surface area contributed by atoms with Gasteiger partial charge in [0.05, 0.1) is 26.3 Å². The predicted octanol–water partition coefficient (Wildman–Crippen LogP) is 2.24. The minimum Gasteiger partial charge on any atom is -0.497 e. The normalized spacial score (nSPS) is 25.6. The number of likely N-dealkylation sites (tertiary alicyclic amines) is 1. The van der Waals surface area contributed by atoms with Crippen LogP contribution in [0.25, 0.3) is 0 Å². The highest BCUT2D eigenvalue weighted by molar-refractivity contribution is 6.07. The molecule has 0 aliphatic carbocycles. The zero-order valence-corrected chi connectivity index (χ0v) is 18.3. The first-order chi connectivity index (χ1) is 15.0. The summed E-state index contributed by atoms with van der Waals surface area (Å²) in [6.45, 7) is 3.14. The van der Waals surface area contributed by atoms with E-state index in [1.165, 1.54) is 9.80 Å². The zero-order valence-electron chi connectivity index (χ0n) is 18.3. The Bertz CT molecular complexity index is 965. The van der Waals surface area contributed by atoms with Crippen molar-refractivity contribution >= 4 is 11.9 Å². The summed E-state index contributed by atoms with van der Waals surface area (Å²) in [5.74, 6) is 1.39. The molecular weight excluding hydrogens is 394 g/mol. The van der Waals surface area contributed by atoms with Gasteiger partial charge in [-0.05, 0) is 30.2 Å². The lowest BCUT2D eigenvalue weighted by atomic mass is 9.87. The fraction of sp³-hybridized carbons (Fsp3) is 0.417. The highest BCUT2D eigenvalue weighted by Crippen LogP contribution is 2.34. The Morgan fingerprint density at radius 1 is 1.13 bits per heavy atom. The maximum Gasteiger partial charge on any atom is 0.329 e. The van der Waals surface area contributed by atoms with Gasteiger partial charge in [-0.2, -0.15) is 0 Å². The largest absolute Gasteiger partial charge is 0.497 e. The summed E-state index contributed by atoms with van der Waals surface area (Å²) in [4.78, 5) is 29.0. The van der Waals surface area contributed by atoms with Gasteiger partial charge >= 0.3 is 6.03 Å². The predicted molar refractivity (Wildman–Crippen MR) is 116 cm³/mol. The fourth-order valence-corrected chi connectivity index (χ4v) is 4.92. The van der Waals surface area contributed by atoms with Crippen LogP contribution in [0.4, 0.5) is 4.79 Å². The third kappa shape index (κ3) is 3.63. The van der Waals surface area contributed by atoms with E-state index in [2.05, 4.69) is 5.32 Å². The standard InChI is InChI=1S/C24H29N3O4/c1-4-24(17-9-6-5-7-10-17)22(28)27(23(29)25-24)16-26-14-8-11-20(26)19-15-18(30-2)12-13-21(19)31-3/h5-7,9-10,12-13,15,20H,4,8,11,14,16H2,1-3H3,(H,25,29)/p+1/t20-,24-/m1/s1. The van der Waals surface area contributed by atoms with E-state index in [4.69, 9.17) is 9.47 Å². The van der Waals surface area contributed by atoms with Gasteiger partial charge in [-0.15, -0.1) is 0 Å². The molecule has 31 heavy (non-hydrogen) atoms. The second-order valence-corrected chi connectivity index (χ2v) is 8.16. The van der Waals surface area contributed by atoms with Crippen LogP contribution in [0, 0.1) is 0 Å². The van der Waals surface area contributed by atoms with Crippen molar-refractivity contribution in [1.29, 1.82) is 0 Å². The van der Waals surface area contributed by atoms with Gasteiger partial charge < -0.3 is 19.7 Å². The van der Waals surface area contributed by atoms with Gasteiger partial charge in [-0.25, -0.2) is 9.69 Å². The molecule has 2 saturated heterocycles. The van der Waals surface area contributed by atoms with Crippen molar-refractivity contribution in [3.8, 4) is 11.5 Å². The van der Waals surface area contributed by atoms with Crippen LogP contribution in [0.3, 0.4) is 0 Å². The summed E-state index contributed by atoms with van der Waals surface area (Å²) >= 11 is 0. The van der Waals surface area contributed by atoms with Crippen LogP contribution in [0.15, 0.2) is 48.5 Å². The van der Waals surface area contributed by atoms with E-state index >= 15 is 0 Å². The summed E-state index contributed by atoms with van der Waals surface area (Å²) in [6, 6.07) is 15.1. The van der Waals surface area contributed by atoms with Crippen molar-refractivity contribution in [2.45, 2.75) is 37.8 Å². The number of imide groups is 1. The minimum absolute atomic E-state index is 0.124. The minimum atomic E-state index is -0.999. The third-order valence-electron chi connectivity index (χ3n) is 6.63. The monoisotopic (exact) mass is 424 g/mol. The lowest BCUT2D eigenvalue weighted by Crippen LogP contribution is -3.12. The maximum absolute atomic E-state index is 13.5. The van der Waals surface area contributed by atoms with Crippen LogP contribution in [0.5, 0.6) is 11.5 Å². The molecule has 4 rings (SSSR count). The average molecular weight is 425 g/mol. The van der Waals surface area contributed by atoms with Gasteiger partial charge in [-0.3, -0.25) is 4.79 Å². The number of benzene rings is 2. The topological polar surface area (TPSA) is 72.3 Å². The Morgan fingerprint density at radius 3 is 2.58 bits per heavy atom. The number of carbonyl (C=O) groups is 2. The summed E-state index contributed by atoms with van der Waals surface area (Å²) in [7, 11) is 3.30. The van der Waals surface area contributed by atoms with Crippen molar-refractivity contribution in [3.05, 3.63) is 59.7 Å². The fourth-order valence-electron chi connectivity index (χ4n) is 4.92. The van der Waals surface area contributed by atoms with Gasteiger partial charge in [0, 0.05) is 12.8 Å². The van der Waals surface area contributed by atoms with E-state index in [0.29, 0.717) is 13.1 Å². The number of amides is 3. The number of hydrogen-bond acceptors (Lipinski definition) is 4. The molecule has 164 valence electrons. The number of methoxy groups -OCH3 is 2. The number of nitrogens with one attached hydrogen (secondary N) is 2. The summed E-state index contributed by atoms with van der Waals surface area (Å²) < 4.78 is 11.0. The number of carbonyl (C=O) groups excluding carboxylic acids is 2. The van der Waals surface area contributed by atoms with Crippen molar-refractivity contribution in [2.75, 3.05) is 27.4 Å². The molecule has 7 heteroatoms. The smallest absolute Gasteiger partial charge is 0.329 e. The maximum atomic E-state index is 13.5. The number of rotatable bonds is 7. The van der Waals surface area contributed by atoms with E-state index in [1.54, 1.807) is 14.2 Å². The van der Waals surface area contributed by atoms with E-state index in [-0.39, 0.29) is 18.0 Å². The molecule has 2 aliphatic rings. The van der Waals surface area contributed by atoms with Crippen LogP contribution in [0.1, 0.15) is 43.4 Å². The van der Waals surface area contributed by atoms with Gasteiger partial charge in [0.2, 0.25) is 0 Å². The van der Waals surface area contributed by atoms with E-state index < -0.39 is 5.54 Å². The number of urea groups is 1. The van der Waals surface area contributed by atoms with E-state index in [9.17, 15) is 9.59 Å². The quantitative estimate of drug-likeness (QED) is 0.669. The molecule has 0 aromatic heterocycles. The van der Waals surface area contributed by atoms with Crippen molar-refractivity contribution < 1.29 is 24.0 Å². The number of nitrogens with zero attached hydrogens (tertiary/aromatic N) is 1. The van der Waals surface area contributed by atoms with Gasteiger partial charge in [-0.1, -0.05) is 37.3 Å². The summed E-state index contributed by atoms with van der Waals surface area (Å²) in [5, 5.41) is 2.98. The van der Waals surface area contributed by atoms with Crippen LogP contribution in [-0.4, -0.2) is 44.3 Å². The molecule has 2 fully saturated rings. The second kappa shape index (κ2) is 8.59. The number of quaternary nitrogens is 1. The number of hydrogen-bond donors (Lipinski definition) is 2. The molecule has 0 bridgehead atoms. The lowest BCUT2D eigenvalue weighted by Gasteiger charge is -2.28. The molecule has 2 aliphatic heterocycles. The molecule has 1 unspecified atom stereocenters. The first-order valence-corrected chi connectivity index (χ1v) is 10.8. The molecule has 2 heterocycles. The molecule has 0 spiro atoms. The SMILES string of the molecule is CC[C@]1(c2ccccc2)NC(=O)N(C[NH+]2CCC[C@@H]2c2cc(OC)ccc2OC)C1=O. The molecule has 2 N–H and O–H groups in total. The highest BCUT2D eigenvalue weighted by atomic mass is 16.5. The lowest BCUT2D eigenvalue weighted by molar-refractivity contribution is -0.925. The van der Waals surface area contributed by atoms with Gasteiger partial charge in [0.25, 0.3) is 5.91 Å². The molecule has 3 amide bonds. The molecule has 7 nitrogen and oxygen atoms in total. The molecule has 2 aromatic rings. The van der Waals surface area contributed by atoms with Gasteiger partial charge in [0.1, 0.15) is 23.1 Å². The molecular formula is C24H30N3O4+. The molecule has 2 aromatic carbocycles. The number of ether oxygens (including phenoxy) is 2. The van der Waals surface area contributed by atoms with Crippen molar-refractivity contribution in [3.63, 3.8) is 0 Å². The van der Waals surface area contributed by atoms with Crippen LogP contribution in [-0.2, 0) is 10.3 Å². The molecule has 0 saturated carbocycles. The Morgan fingerprint density at radius 2 is 1.90 bits per heavy atom. The Kier molecular flexibility index (Phi) is 5.87. The molecule has 3 atom stereocenters.